The molecule has 5 nitrogen and oxygen atoms in total. The fourth-order valence-electron chi connectivity index (χ4n) is 2.10. The van der Waals surface area contributed by atoms with Gasteiger partial charge in [0.05, 0.1) is 4.92 Å². The highest BCUT2D eigenvalue weighted by atomic mass is 35.5. The average molecular weight is 285 g/mol. The van der Waals surface area contributed by atoms with Gasteiger partial charge in [-0.2, -0.15) is 0 Å². The van der Waals surface area contributed by atoms with Crippen LogP contribution in [0.25, 0.3) is 0 Å². The molecule has 1 aromatic carbocycles. The first-order valence-electron chi connectivity index (χ1n) is 6.23. The maximum atomic E-state index is 11.0. The van der Waals surface area contributed by atoms with Crippen LogP contribution < -0.4 is 5.32 Å². The summed E-state index contributed by atoms with van der Waals surface area (Å²) in [5, 5.41) is 14.5. The first kappa shape index (κ1) is 14.1. The maximum Gasteiger partial charge on any atom is 0.293 e. The van der Waals surface area contributed by atoms with Crippen LogP contribution in [0.2, 0.25) is 5.02 Å². The van der Waals surface area contributed by atoms with Crippen molar-refractivity contribution in [2.24, 2.45) is 5.41 Å². The lowest BCUT2D eigenvalue weighted by molar-refractivity contribution is -0.383. The molecule has 0 amide bonds. The van der Waals surface area contributed by atoms with Gasteiger partial charge in [-0.15, -0.1) is 0 Å². The molecule has 19 heavy (non-hydrogen) atoms. The van der Waals surface area contributed by atoms with Crippen LogP contribution >= 0.6 is 11.6 Å². The molecule has 0 saturated heterocycles. The Kier molecular flexibility index (Phi) is 4.27. The second-order valence-corrected chi connectivity index (χ2v) is 5.45. The SMILES string of the molecule is COCCC1(CNc2ccc(Cl)cc2[N+](=O)[O-])CC1. The molecular formula is C13H17ClN2O3. The van der Waals surface area contributed by atoms with Crippen LogP contribution in [-0.4, -0.2) is 25.2 Å². The third-order valence-electron chi connectivity index (χ3n) is 3.60. The molecular weight excluding hydrogens is 268 g/mol. The van der Waals surface area contributed by atoms with Gasteiger partial charge in [0.1, 0.15) is 5.69 Å². The molecule has 1 fully saturated rings. The molecule has 2 rings (SSSR count). The third kappa shape index (κ3) is 3.58. The quantitative estimate of drug-likeness (QED) is 0.615. The summed E-state index contributed by atoms with van der Waals surface area (Å²) in [6.45, 7) is 1.46. The summed E-state index contributed by atoms with van der Waals surface area (Å²) in [6.07, 6.45) is 3.27. The van der Waals surface area contributed by atoms with Crippen LogP contribution in [0.15, 0.2) is 18.2 Å². The summed E-state index contributed by atoms with van der Waals surface area (Å²) in [4.78, 5) is 10.6. The molecule has 6 heteroatoms. The molecule has 0 aromatic heterocycles. The van der Waals surface area contributed by atoms with Gasteiger partial charge in [-0.3, -0.25) is 10.1 Å². The van der Waals surface area contributed by atoms with E-state index in [2.05, 4.69) is 5.32 Å². The van der Waals surface area contributed by atoms with Crippen molar-refractivity contribution < 1.29 is 9.66 Å². The third-order valence-corrected chi connectivity index (χ3v) is 3.84. The van der Waals surface area contributed by atoms with Gasteiger partial charge < -0.3 is 10.1 Å². The van der Waals surface area contributed by atoms with Crippen LogP contribution in [0.5, 0.6) is 0 Å². The Balaban J connectivity index is 2.01. The van der Waals surface area contributed by atoms with Crippen LogP contribution in [0.3, 0.4) is 0 Å². The largest absolute Gasteiger partial charge is 0.385 e. The number of nitro groups is 1. The van der Waals surface area contributed by atoms with Gasteiger partial charge >= 0.3 is 0 Å². The zero-order valence-electron chi connectivity index (χ0n) is 10.8. The van der Waals surface area contributed by atoms with Crippen molar-refractivity contribution in [3.8, 4) is 0 Å². The maximum absolute atomic E-state index is 11.0. The molecule has 104 valence electrons. The fraction of sp³-hybridized carbons (Fsp3) is 0.538. The molecule has 1 aliphatic carbocycles. The standard InChI is InChI=1S/C13H17ClN2O3/c1-19-7-6-13(4-5-13)9-15-11-3-2-10(14)8-12(11)16(17)18/h2-3,8,15H,4-7,9H2,1H3. The summed E-state index contributed by atoms with van der Waals surface area (Å²) >= 11 is 5.78. The molecule has 1 aliphatic rings. The van der Waals surface area contributed by atoms with Crippen LogP contribution in [-0.2, 0) is 4.74 Å². The fourth-order valence-corrected chi connectivity index (χ4v) is 2.26. The van der Waals surface area contributed by atoms with Crippen molar-refractivity contribution in [2.75, 3.05) is 25.6 Å². The molecule has 0 radical (unpaired) electrons. The van der Waals surface area contributed by atoms with Crippen LogP contribution in [0, 0.1) is 15.5 Å². The number of halogens is 1. The van der Waals surface area contributed by atoms with Gasteiger partial charge in [-0.1, -0.05) is 11.6 Å². The van der Waals surface area contributed by atoms with Crippen molar-refractivity contribution in [1.82, 2.24) is 0 Å². The lowest BCUT2D eigenvalue weighted by atomic mass is 10.0. The zero-order valence-corrected chi connectivity index (χ0v) is 11.6. The summed E-state index contributed by atoms with van der Waals surface area (Å²) in [6, 6.07) is 4.69. The van der Waals surface area contributed by atoms with E-state index in [1.165, 1.54) is 6.07 Å². The van der Waals surface area contributed by atoms with Crippen molar-refractivity contribution in [3.05, 3.63) is 33.3 Å². The van der Waals surface area contributed by atoms with Gasteiger partial charge in [0.2, 0.25) is 0 Å². The number of anilines is 1. The highest BCUT2D eigenvalue weighted by molar-refractivity contribution is 6.30. The average Bonchev–Trinajstić information content (AvgIpc) is 3.15. The first-order valence-corrected chi connectivity index (χ1v) is 6.61. The van der Waals surface area contributed by atoms with E-state index in [0.717, 1.165) is 32.4 Å². The van der Waals surface area contributed by atoms with Crippen LogP contribution in [0.4, 0.5) is 11.4 Å². The number of ether oxygens (including phenoxy) is 1. The first-order chi connectivity index (χ1) is 9.06. The number of nitro benzene ring substituents is 1. The second-order valence-electron chi connectivity index (χ2n) is 5.01. The summed E-state index contributed by atoms with van der Waals surface area (Å²) < 4.78 is 5.09. The Labute approximate surface area is 117 Å². The minimum Gasteiger partial charge on any atom is -0.385 e. The smallest absolute Gasteiger partial charge is 0.293 e. The lowest BCUT2D eigenvalue weighted by Gasteiger charge is -2.16. The molecule has 1 saturated carbocycles. The van der Waals surface area contributed by atoms with Crippen molar-refractivity contribution in [2.45, 2.75) is 19.3 Å². The Morgan fingerprint density at radius 1 is 1.53 bits per heavy atom. The molecule has 0 atom stereocenters. The minimum atomic E-state index is -0.414. The molecule has 1 N–H and O–H groups in total. The van der Waals surface area contributed by atoms with E-state index in [1.807, 2.05) is 0 Å². The lowest BCUT2D eigenvalue weighted by Crippen LogP contribution is -2.17. The van der Waals surface area contributed by atoms with E-state index < -0.39 is 4.92 Å². The summed E-state index contributed by atoms with van der Waals surface area (Å²) in [5.74, 6) is 0. The Morgan fingerprint density at radius 2 is 2.26 bits per heavy atom. The number of methoxy groups -OCH3 is 1. The van der Waals surface area contributed by atoms with E-state index in [1.54, 1.807) is 19.2 Å². The van der Waals surface area contributed by atoms with Gasteiger partial charge in [0.15, 0.2) is 0 Å². The highest BCUT2D eigenvalue weighted by Crippen LogP contribution is 2.49. The Hall–Kier alpha value is -1.33. The van der Waals surface area contributed by atoms with E-state index in [-0.39, 0.29) is 11.1 Å². The van der Waals surface area contributed by atoms with Crippen molar-refractivity contribution in [3.63, 3.8) is 0 Å². The van der Waals surface area contributed by atoms with Gasteiger partial charge in [0, 0.05) is 31.4 Å². The number of hydrogen-bond acceptors (Lipinski definition) is 4. The van der Waals surface area contributed by atoms with E-state index >= 15 is 0 Å². The highest BCUT2D eigenvalue weighted by Gasteiger charge is 2.41. The second kappa shape index (κ2) is 5.75. The monoisotopic (exact) mass is 284 g/mol. The van der Waals surface area contributed by atoms with Gasteiger partial charge in [-0.25, -0.2) is 0 Å². The van der Waals surface area contributed by atoms with Gasteiger partial charge in [0.25, 0.3) is 5.69 Å². The van der Waals surface area contributed by atoms with E-state index in [0.29, 0.717) is 10.7 Å². The van der Waals surface area contributed by atoms with Crippen molar-refractivity contribution in [1.29, 1.82) is 0 Å². The Morgan fingerprint density at radius 3 is 2.84 bits per heavy atom. The molecule has 1 aromatic rings. The summed E-state index contributed by atoms with van der Waals surface area (Å²) in [5.41, 5.74) is 0.789. The number of nitrogens with one attached hydrogen (secondary N) is 1. The van der Waals surface area contributed by atoms with E-state index in [9.17, 15) is 10.1 Å². The molecule has 0 aliphatic heterocycles. The van der Waals surface area contributed by atoms with Gasteiger partial charge in [-0.05, 0) is 36.8 Å². The number of nitrogens with zero attached hydrogens (tertiary/aromatic N) is 1. The molecule has 0 unspecified atom stereocenters. The topological polar surface area (TPSA) is 64.4 Å². The molecule has 0 heterocycles. The normalized spacial score (nSPS) is 16.1. The van der Waals surface area contributed by atoms with E-state index in [4.69, 9.17) is 16.3 Å². The molecule has 0 bridgehead atoms. The predicted octanol–water partition coefficient (Wildman–Crippen LogP) is 3.48. The Bertz CT molecular complexity index is 475. The zero-order chi connectivity index (χ0) is 13.9. The number of benzene rings is 1. The van der Waals surface area contributed by atoms with Crippen LogP contribution in [0.1, 0.15) is 19.3 Å². The summed E-state index contributed by atoms with van der Waals surface area (Å²) in [7, 11) is 1.69. The predicted molar refractivity (Wildman–Crippen MR) is 74.8 cm³/mol. The molecule has 0 spiro atoms. The van der Waals surface area contributed by atoms with Crippen molar-refractivity contribution >= 4 is 23.0 Å². The number of rotatable bonds is 7. The number of hydrogen-bond donors (Lipinski definition) is 1. The minimum absolute atomic E-state index is 0.0232.